The maximum atomic E-state index is 5.88. The molecule has 1 aliphatic carbocycles. The van der Waals surface area contributed by atoms with Gasteiger partial charge in [0.1, 0.15) is 0 Å². The molecule has 12 heavy (non-hydrogen) atoms. The van der Waals surface area contributed by atoms with E-state index in [9.17, 15) is 0 Å². The zero-order valence-electron chi connectivity index (χ0n) is 6.88. The highest BCUT2D eigenvalue weighted by molar-refractivity contribution is 5.70. The van der Waals surface area contributed by atoms with E-state index in [1.54, 1.807) is 0 Å². The molecule has 1 aliphatic rings. The maximum Gasteiger partial charge on any atom is 0.0598 e. The van der Waals surface area contributed by atoms with Gasteiger partial charge in [-0.3, -0.25) is 0 Å². The molecule has 3 nitrogen and oxygen atoms in total. The van der Waals surface area contributed by atoms with Crippen molar-refractivity contribution < 1.29 is 0 Å². The second-order valence-corrected chi connectivity index (χ2v) is 3.29. The van der Waals surface area contributed by atoms with Crippen molar-refractivity contribution in [1.82, 2.24) is 0 Å². The monoisotopic (exact) mass is 163 g/mol. The molecule has 0 amide bonds. The highest BCUT2D eigenvalue weighted by Crippen LogP contribution is 2.36. The van der Waals surface area contributed by atoms with E-state index in [0.717, 1.165) is 18.4 Å². The molecule has 0 unspecified atom stereocenters. The first kappa shape index (κ1) is 7.43. The molecule has 0 saturated carbocycles. The van der Waals surface area contributed by atoms with E-state index in [2.05, 4.69) is 0 Å². The van der Waals surface area contributed by atoms with Gasteiger partial charge in [-0.1, -0.05) is 6.07 Å². The summed E-state index contributed by atoms with van der Waals surface area (Å²) in [7, 11) is 0. The van der Waals surface area contributed by atoms with Gasteiger partial charge in [-0.15, -0.1) is 0 Å². The second-order valence-electron chi connectivity index (χ2n) is 3.29. The van der Waals surface area contributed by atoms with Crippen LogP contribution in [0.2, 0.25) is 0 Å². The molecule has 2 rings (SSSR count). The summed E-state index contributed by atoms with van der Waals surface area (Å²) in [6.07, 6.45) is 2.02. The summed E-state index contributed by atoms with van der Waals surface area (Å²) in [5, 5.41) is 0. The topological polar surface area (TPSA) is 78.1 Å². The number of hydrogen-bond donors (Lipinski definition) is 3. The summed E-state index contributed by atoms with van der Waals surface area (Å²) in [6, 6.07) is 3.96. The first-order valence-corrected chi connectivity index (χ1v) is 4.12. The number of nitrogens with two attached hydrogens (primary N) is 3. The molecule has 3 heteroatoms. The summed E-state index contributed by atoms with van der Waals surface area (Å²) >= 11 is 0. The highest BCUT2D eigenvalue weighted by Gasteiger charge is 2.22. The Morgan fingerprint density at radius 3 is 2.75 bits per heavy atom. The van der Waals surface area contributed by atoms with E-state index < -0.39 is 0 Å². The van der Waals surface area contributed by atoms with E-state index >= 15 is 0 Å². The van der Waals surface area contributed by atoms with E-state index in [0.29, 0.717) is 11.4 Å². The van der Waals surface area contributed by atoms with Gasteiger partial charge in [0.15, 0.2) is 0 Å². The zero-order chi connectivity index (χ0) is 8.72. The maximum absolute atomic E-state index is 5.88. The minimum Gasteiger partial charge on any atom is -0.397 e. The number of aryl methyl sites for hydroxylation is 1. The summed E-state index contributed by atoms with van der Waals surface area (Å²) in [5.74, 6) is 0. The minimum atomic E-state index is 0.0866. The number of fused-ring (bicyclic) bond motifs is 1. The second kappa shape index (κ2) is 2.38. The molecular weight excluding hydrogens is 150 g/mol. The molecule has 0 radical (unpaired) electrons. The van der Waals surface area contributed by atoms with E-state index in [1.165, 1.54) is 5.56 Å². The molecular formula is C9H13N3. The van der Waals surface area contributed by atoms with Gasteiger partial charge in [0.25, 0.3) is 0 Å². The van der Waals surface area contributed by atoms with Crippen LogP contribution in [0.3, 0.4) is 0 Å². The lowest BCUT2D eigenvalue weighted by Gasteiger charge is -2.10. The molecule has 1 aromatic carbocycles. The van der Waals surface area contributed by atoms with Crippen LogP contribution in [0.5, 0.6) is 0 Å². The van der Waals surface area contributed by atoms with Crippen molar-refractivity contribution in [3.05, 3.63) is 23.3 Å². The van der Waals surface area contributed by atoms with Crippen LogP contribution in [0.15, 0.2) is 12.1 Å². The molecule has 0 aromatic heterocycles. The average molecular weight is 163 g/mol. The number of benzene rings is 1. The standard InChI is InChI=1S/C9H13N3/c10-6-3-1-5-2-4-7(11)9(12)8(5)6/h2,4,6H,1,3,10-12H2/t6-/m1/s1. The fourth-order valence-corrected chi connectivity index (χ4v) is 1.81. The Bertz CT molecular complexity index is 320. The van der Waals surface area contributed by atoms with E-state index in [4.69, 9.17) is 17.2 Å². The van der Waals surface area contributed by atoms with Gasteiger partial charge in [-0.25, -0.2) is 0 Å². The Hall–Kier alpha value is -1.22. The first-order valence-electron chi connectivity index (χ1n) is 4.12. The van der Waals surface area contributed by atoms with Gasteiger partial charge < -0.3 is 17.2 Å². The van der Waals surface area contributed by atoms with Crippen molar-refractivity contribution in [3.63, 3.8) is 0 Å². The van der Waals surface area contributed by atoms with Crippen molar-refractivity contribution in [2.75, 3.05) is 11.5 Å². The Kier molecular flexibility index (Phi) is 1.48. The van der Waals surface area contributed by atoms with Gasteiger partial charge in [0, 0.05) is 6.04 Å². The predicted octanol–water partition coefficient (Wildman–Crippen LogP) is 0.797. The first-order chi connectivity index (χ1) is 5.70. The van der Waals surface area contributed by atoms with E-state index in [-0.39, 0.29) is 6.04 Å². The lowest BCUT2D eigenvalue weighted by molar-refractivity contribution is 0.715. The lowest BCUT2D eigenvalue weighted by atomic mass is 10.1. The van der Waals surface area contributed by atoms with Gasteiger partial charge in [0.2, 0.25) is 0 Å². The van der Waals surface area contributed by atoms with Crippen molar-refractivity contribution in [3.8, 4) is 0 Å². The van der Waals surface area contributed by atoms with Crippen molar-refractivity contribution >= 4 is 11.4 Å². The van der Waals surface area contributed by atoms with Crippen LogP contribution in [-0.4, -0.2) is 0 Å². The fourth-order valence-electron chi connectivity index (χ4n) is 1.81. The zero-order valence-corrected chi connectivity index (χ0v) is 6.88. The van der Waals surface area contributed by atoms with Gasteiger partial charge in [0.05, 0.1) is 11.4 Å². The molecule has 1 aromatic rings. The fraction of sp³-hybridized carbons (Fsp3) is 0.333. The third kappa shape index (κ3) is 0.865. The molecule has 6 N–H and O–H groups in total. The molecule has 0 bridgehead atoms. The third-order valence-corrected chi connectivity index (χ3v) is 2.51. The minimum absolute atomic E-state index is 0.0866. The Balaban J connectivity index is 2.63. The lowest BCUT2D eigenvalue weighted by Crippen LogP contribution is -2.09. The van der Waals surface area contributed by atoms with Crippen molar-refractivity contribution in [2.24, 2.45) is 5.73 Å². The average Bonchev–Trinajstić information content (AvgIpc) is 2.41. The normalized spacial score (nSPS) is 20.9. The summed E-state index contributed by atoms with van der Waals surface area (Å²) in [6.45, 7) is 0. The molecule has 0 saturated heterocycles. The van der Waals surface area contributed by atoms with Crippen LogP contribution in [0.4, 0.5) is 11.4 Å². The van der Waals surface area contributed by atoms with Crippen LogP contribution in [0, 0.1) is 0 Å². The van der Waals surface area contributed by atoms with Crippen LogP contribution in [-0.2, 0) is 6.42 Å². The highest BCUT2D eigenvalue weighted by atomic mass is 14.7. The van der Waals surface area contributed by atoms with Crippen LogP contribution in [0.1, 0.15) is 23.6 Å². The number of nitrogen functional groups attached to an aromatic ring is 2. The van der Waals surface area contributed by atoms with Crippen LogP contribution in [0.25, 0.3) is 0 Å². The predicted molar refractivity (Wildman–Crippen MR) is 50.5 cm³/mol. The third-order valence-electron chi connectivity index (χ3n) is 2.51. The Morgan fingerprint density at radius 2 is 2.00 bits per heavy atom. The van der Waals surface area contributed by atoms with Crippen molar-refractivity contribution in [2.45, 2.75) is 18.9 Å². The molecule has 64 valence electrons. The quantitative estimate of drug-likeness (QED) is 0.495. The summed E-state index contributed by atoms with van der Waals surface area (Å²) < 4.78 is 0. The SMILES string of the molecule is Nc1ccc2c(c1N)[C@H](N)CC2. The van der Waals surface area contributed by atoms with Crippen LogP contribution >= 0.6 is 0 Å². The van der Waals surface area contributed by atoms with E-state index in [1.807, 2.05) is 12.1 Å². The van der Waals surface area contributed by atoms with Crippen molar-refractivity contribution in [1.29, 1.82) is 0 Å². The largest absolute Gasteiger partial charge is 0.397 e. The van der Waals surface area contributed by atoms with Gasteiger partial charge >= 0.3 is 0 Å². The Morgan fingerprint density at radius 1 is 1.25 bits per heavy atom. The molecule has 0 fully saturated rings. The Labute approximate surface area is 71.5 Å². The number of anilines is 2. The summed E-state index contributed by atoms with van der Waals surface area (Å²) in [4.78, 5) is 0. The van der Waals surface area contributed by atoms with Crippen LogP contribution < -0.4 is 17.2 Å². The molecule has 0 heterocycles. The molecule has 0 spiro atoms. The summed E-state index contributed by atoms with van der Waals surface area (Å²) in [5.41, 5.74) is 21.0. The molecule has 0 aliphatic heterocycles. The number of rotatable bonds is 0. The molecule has 1 atom stereocenters. The smallest absolute Gasteiger partial charge is 0.0598 e. The van der Waals surface area contributed by atoms with Gasteiger partial charge in [-0.05, 0) is 30.0 Å². The number of hydrogen-bond acceptors (Lipinski definition) is 3. The van der Waals surface area contributed by atoms with Gasteiger partial charge in [-0.2, -0.15) is 0 Å².